The number of imide groups is 1. The summed E-state index contributed by atoms with van der Waals surface area (Å²) in [5, 5.41) is 2.32. The fraction of sp³-hybridized carbons (Fsp3) is 0.348. The molecule has 30 heavy (non-hydrogen) atoms. The summed E-state index contributed by atoms with van der Waals surface area (Å²) in [5.74, 6) is -1.11. The minimum Gasteiger partial charge on any atom is -0.489 e. The first-order valence-electron chi connectivity index (χ1n) is 10.2. The monoisotopic (exact) mass is 407 g/mol. The van der Waals surface area contributed by atoms with Crippen LogP contribution in [0, 0.1) is 5.92 Å². The smallest absolute Gasteiger partial charge is 0.239 e. The van der Waals surface area contributed by atoms with Crippen molar-refractivity contribution in [3.05, 3.63) is 64.7 Å². The van der Waals surface area contributed by atoms with Gasteiger partial charge < -0.3 is 15.4 Å². The average molecular weight is 407 g/mol. The van der Waals surface area contributed by atoms with Gasteiger partial charge in [-0.05, 0) is 35.6 Å². The molecule has 0 spiro atoms. The van der Waals surface area contributed by atoms with Gasteiger partial charge in [-0.15, -0.1) is 0 Å². The van der Waals surface area contributed by atoms with Crippen molar-refractivity contribution in [1.29, 1.82) is 0 Å². The summed E-state index contributed by atoms with van der Waals surface area (Å²) in [6.45, 7) is 1.72. The molecule has 2 heterocycles. The van der Waals surface area contributed by atoms with Crippen LogP contribution in [0.15, 0.2) is 42.5 Å². The molecule has 1 fully saturated rings. The van der Waals surface area contributed by atoms with Crippen LogP contribution in [0.5, 0.6) is 5.75 Å². The van der Waals surface area contributed by atoms with Gasteiger partial charge in [-0.1, -0.05) is 36.4 Å². The Morgan fingerprint density at radius 1 is 1.13 bits per heavy atom. The summed E-state index contributed by atoms with van der Waals surface area (Å²) in [7, 11) is 0. The van der Waals surface area contributed by atoms with Crippen LogP contribution in [0.2, 0.25) is 0 Å². The van der Waals surface area contributed by atoms with Crippen LogP contribution in [0.3, 0.4) is 0 Å². The minimum atomic E-state index is -0.811. The number of rotatable bonds is 5. The van der Waals surface area contributed by atoms with E-state index in [1.165, 1.54) is 0 Å². The largest absolute Gasteiger partial charge is 0.489 e. The molecule has 2 aliphatic rings. The highest BCUT2D eigenvalue weighted by Crippen LogP contribution is 2.33. The van der Waals surface area contributed by atoms with Crippen molar-refractivity contribution in [1.82, 2.24) is 10.2 Å². The van der Waals surface area contributed by atoms with E-state index in [0.717, 1.165) is 28.0 Å². The summed E-state index contributed by atoms with van der Waals surface area (Å²) in [6.07, 6.45) is 1.20. The van der Waals surface area contributed by atoms with E-state index < -0.39 is 11.8 Å². The first-order valence-corrected chi connectivity index (χ1v) is 10.2. The van der Waals surface area contributed by atoms with E-state index >= 15 is 0 Å². The predicted molar refractivity (Wildman–Crippen MR) is 110 cm³/mol. The second kappa shape index (κ2) is 8.67. The molecule has 156 valence electrons. The molecule has 0 radical (unpaired) electrons. The lowest BCUT2D eigenvalue weighted by atomic mass is 10.0. The number of nitrogens with zero attached hydrogens (tertiary/aromatic N) is 1. The van der Waals surface area contributed by atoms with E-state index in [1.54, 1.807) is 4.90 Å². The van der Waals surface area contributed by atoms with E-state index in [4.69, 9.17) is 10.5 Å². The van der Waals surface area contributed by atoms with Crippen LogP contribution in [0.25, 0.3) is 0 Å². The lowest BCUT2D eigenvalue weighted by Gasteiger charge is -2.21. The van der Waals surface area contributed by atoms with E-state index in [-0.39, 0.29) is 18.2 Å². The van der Waals surface area contributed by atoms with Gasteiger partial charge in [0.1, 0.15) is 18.3 Å². The van der Waals surface area contributed by atoms with Crippen molar-refractivity contribution in [3.8, 4) is 5.75 Å². The molecule has 0 aliphatic carbocycles. The third kappa shape index (κ3) is 4.21. The number of fused-ring (bicyclic) bond motifs is 1. The Morgan fingerprint density at radius 3 is 2.77 bits per heavy atom. The molecule has 1 atom stereocenters. The molecular weight excluding hydrogens is 382 g/mol. The summed E-state index contributed by atoms with van der Waals surface area (Å²) >= 11 is 0. The lowest BCUT2D eigenvalue weighted by Crippen LogP contribution is -2.42. The molecule has 2 aliphatic heterocycles. The first-order chi connectivity index (χ1) is 14.5. The van der Waals surface area contributed by atoms with Gasteiger partial charge in [-0.2, -0.15) is 0 Å². The van der Waals surface area contributed by atoms with Crippen molar-refractivity contribution >= 4 is 17.7 Å². The number of nitrogens with one attached hydrogen (secondary N) is 1. The number of benzene rings is 2. The van der Waals surface area contributed by atoms with Gasteiger partial charge in [0, 0.05) is 25.1 Å². The molecule has 4 rings (SSSR count). The van der Waals surface area contributed by atoms with Crippen molar-refractivity contribution in [2.24, 2.45) is 11.7 Å². The molecule has 7 heteroatoms. The Balaban J connectivity index is 1.46. The van der Waals surface area contributed by atoms with Crippen LogP contribution in [-0.2, 0) is 40.6 Å². The summed E-state index contributed by atoms with van der Waals surface area (Å²) in [5.41, 5.74) is 9.76. The highest BCUT2D eigenvalue weighted by Gasteiger charge is 2.36. The minimum absolute atomic E-state index is 0.236. The SMILES string of the molecule is NCc1cccc(COc2cccc3c2CN(C(=O)[C@H]2CCCC(=O)NC2=O)C3)c1. The van der Waals surface area contributed by atoms with Gasteiger partial charge in [0.25, 0.3) is 0 Å². The molecule has 7 nitrogen and oxygen atoms in total. The maximum absolute atomic E-state index is 13.0. The van der Waals surface area contributed by atoms with Crippen LogP contribution in [0.1, 0.15) is 41.5 Å². The maximum Gasteiger partial charge on any atom is 0.239 e. The highest BCUT2D eigenvalue weighted by molar-refractivity contribution is 6.07. The molecule has 2 aromatic rings. The molecular formula is C23H25N3O4. The Morgan fingerprint density at radius 2 is 1.93 bits per heavy atom. The van der Waals surface area contributed by atoms with Crippen molar-refractivity contribution in [2.75, 3.05) is 0 Å². The van der Waals surface area contributed by atoms with Gasteiger partial charge in [-0.3, -0.25) is 19.7 Å². The lowest BCUT2D eigenvalue weighted by molar-refractivity contribution is -0.143. The van der Waals surface area contributed by atoms with Crippen LogP contribution >= 0.6 is 0 Å². The zero-order valence-electron chi connectivity index (χ0n) is 16.7. The number of hydrogen-bond donors (Lipinski definition) is 2. The Bertz CT molecular complexity index is 988. The van der Waals surface area contributed by atoms with Gasteiger partial charge in [0.15, 0.2) is 0 Å². The third-order valence-electron chi connectivity index (χ3n) is 5.65. The van der Waals surface area contributed by atoms with E-state index in [2.05, 4.69) is 5.32 Å². The molecule has 3 amide bonds. The maximum atomic E-state index is 13.0. The van der Waals surface area contributed by atoms with E-state index in [0.29, 0.717) is 39.1 Å². The zero-order valence-corrected chi connectivity index (χ0v) is 16.7. The third-order valence-corrected chi connectivity index (χ3v) is 5.65. The molecule has 0 unspecified atom stereocenters. The molecule has 3 N–H and O–H groups in total. The fourth-order valence-electron chi connectivity index (χ4n) is 4.03. The summed E-state index contributed by atoms with van der Waals surface area (Å²) in [6, 6.07) is 13.7. The molecule has 0 bridgehead atoms. The van der Waals surface area contributed by atoms with Gasteiger partial charge in [0.05, 0.1) is 6.54 Å². The van der Waals surface area contributed by atoms with Crippen LogP contribution in [0.4, 0.5) is 0 Å². The van der Waals surface area contributed by atoms with E-state index in [9.17, 15) is 14.4 Å². The van der Waals surface area contributed by atoms with Gasteiger partial charge >= 0.3 is 0 Å². The number of ether oxygens (including phenoxy) is 1. The molecule has 2 aromatic carbocycles. The van der Waals surface area contributed by atoms with Crippen LogP contribution < -0.4 is 15.8 Å². The summed E-state index contributed by atoms with van der Waals surface area (Å²) < 4.78 is 6.06. The number of nitrogens with two attached hydrogens (primary N) is 1. The topological polar surface area (TPSA) is 102 Å². The van der Waals surface area contributed by atoms with Gasteiger partial charge in [0.2, 0.25) is 17.7 Å². The second-order valence-electron chi connectivity index (χ2n) is 7.76. The first kappa shape index (κ1) is 20.1. The van der Waals surface area contributed by atoms with E-state index in [1.807, 2.05) is 42.5 Å². The van der Waals surface area contributed by atoms with Crippen LogP contribution in [-0.4, -0.2) is 22.6 Å². The van der Waals surface area contributed by atoms with Crippen molar-refractivity contribution in [3.63, 3.8) is 0 Å². The number of carbonyl (C=O) groups is 3. The second-order valence-corrected chi connectivity index (χ2v) is 7.76. The quantitative estimate of drug-likeness (QED) is 0.583. The Labute approximate surface area is 175 Å². The molecule has 0 aromatic heterocycles. The number of amides is 3. The standard InChI is InChI=1S/C23H25N3O4/c24-11-15-4-1-5-16(10-15)14-30-20-8-2-6-17-12-26(13-19(17)20)23(29)18-7-3-9-21(27)25-22(18)28/h1-2,4-6,8,10,18H,3,7,9,11-14,24H2,(H,25,27,28)/t18-/m0/s1. The summed E-state index contributed by atoms with van der Waals surface area (Å²) in [4.78, 5) is 38.5. The van der Waals surface area contributed by atoms with Crippen molar-refractivity contribution in [2.45, 2.75) is 45.5 Å². The highest BCUT2D eigenvalue weighted by atomic mass is 16.5. The Kier molecular flexibility index (Phi) is 5.81. The van der Waals surface area contributed by atoms with Gasteiger partial charge in [-0.25, -0.2) is 0 Å². The average Bonchev–Trinajstić information content (AvgIpc) is 3.12. The van der Waals surface area contributed by atoms with Crippen molar-refractivity contribution < 1.29 is 19.1 Å². The Hall–Kier alpha value is -3.19. The normalized spacial score (nSPS) is 18.6. The fourth-order valence-corrected chi connectivity index (χ4v) is 4.03. The molecule has 0 saturated carbocycles. The number of carbonyl (C=O) groups excluding carboxylic acids is 3. The zero-order chi connectivity index (χ0) is 21.1. The predicted octanol–water partition coefficient (Wildman–Crippen LogP) is 2.01. The number of hydrogen-bond acceptors (Lipinski definition) is 5. The molecule has 1 saturated heterocycles.